The summed E-state index contributed by atoms with van der Waals surface area (Å²) in [5.41, 5.74) is 5.30. The highest BCUT2D eigenvalue weighted by Gasteiger charge is 2.29. The fourth-order valence-electron chi connectivity index (χ4n) is 2.73. The van der Waals surface area contributed by atoms with Gasteiger partial charge in [-0.1, -0.05) is 26.7 Å². The van der Waals surface area contributed by atoms with Crippen molar-refractivity contribution < 1.29 is 9.59 Å². The third-order valence-electron chi connectivity index (χ3n) is 3.83. The number of hydrogen-bond donors (Lipinski definition) is 1. The number of hydrogen-bond acceptors (Lipinski definition) is 2. The van der Waals surface area contributed by atoms with Crippen molar-refractivity contribution in [3.63, 3.8) is 0 Å². The van der Waals surface area contributed by atoms with Gasteiger partial charge in [-0.25, -0.2) is 0 Å². The third kappa shape index (κ3) is 4.00. The van der Waals surface area contributed by atoms with Crippen LogP contribution in [-0.4, -0.2) is 29.8 Å². The van der Waals surface area contributed by atoms with Crippen LogP contribution in [0, 0.1) is 11.8 Å². The number of primary amides is 1. The maximum Gasteiger partial charge on any atom is 0.225 e. The lowest BCUT2D eigenvalue weighted by Crippen LogP contribution is -2.44. The molecule has 0 aromatic heterocycles. The van der Waals surface area contributed by atoms with Crippen LogP contribution in [-0.2, 0) is 9.59 Å². The van der Waals surface area contributed by atoms with Gasteiger partial charge in [-0.3, -0.25) is 9.59 Å². The van der Waals surface area contributed by atoms with Gasteiger partial charge in [-0.05, 0) is 25.7 Å². The molecule has 1 fully saturated rings. The second-order valence-electron chi connectivity index (χ2n) is 5.28. The minimum Gasteiger partial charge on any atom is -0.369 e. The van der Waals surface area contributed by atoms with Crippen molar-refractivity contribution in [3.8, 4) is 0 Å². The second-order valence-corrected chi connectivity index (χ2v) is 5.28. The highest BCUT2D eigenvalue weighted by atomic mass is 16.2. The molecule has 0 saturated carbocycles. The summed E-state index contributed by atoms with van der Waals surface area (Å²) in [5.74, 6) is 0.192. The van der Waals surface area contributed by atoms with Gasteiger partial charge in [-0.2, -0.15) is 0 Å². The fraction of sp³-hybridized carbons (Fsp3) is 0.857. The first kappa shape index (κ1) is 15.0. The summed E-state index contributed by atoms with van der Waals surface area (Å²) in [5, 5.41) is 0. The van der Waals surface area contributed by atoms with Crippen LogP contribution in [0.25, 0.3) is 0 Å². The molecule has 4 nitrogen and oxygen atoms in total. The molecular weight excluding hydrogens is 228 g/mol. The molecule has 0 spiro atoms. The third-order valence-corrected chi connectivity index (χ3v) is 3.83. The number of nitrogens with zero attached hydrogens (tertiary/aromatic N) is 1. The van der Waals surface area contributed by atoms with Gasteiger partial charge in [0.05, 0.1) is 0 Å². The van der Waals surface area contributed by atoms with Gasteiger partial charge in [0, 0.05) is 24.9 Å². The number of carbonyl (C=O) groups is 2. The summed E-state index contributed by atoms with van der Waals surface area (Å²) < 4.78 is 0. The van der Waals surface area contributed by atoms with E-state index in [2.05, 4.69) is 13.8 Å². The van der Waals surface area contributed by atoms with E-state index in [0.29, 0.717) is 13.1 Å². The molecule has 4 heteroatoms. The molecule has 1 heterocycles. The molecule has 0 bridgehead atoms. The molecule has 0 atom stereocenters. The summed E-state index contributed by atoms with van der Waals surface area (Å²) in [7, 11) is 0. The Morgan fingerprint density at radius 2 is 1.67 bits per heavy atom. The zero-order chi connectivity index (χ0) is 13.5. The summed E-state index contributed by atoms with van der Waals surface area (Å²) in [6.45, 7) is 5.62. The van der Waals surface area contributed by atoms with Crippen molar-refractivity contribution >= 4 is 11.8 Å². The van der Waals surface area contributed by atoms with Crippen molar-refractivity contribution in [2.24, 2.45) is 17.6 Å². The molecule has 1 aliphatic heterocycles. The first-order valence-electron chi connectivity index (χ1n) is 7.18. The molecule has 0 aromatic carbocycles. The van der Waals surface area contributed by atoms with Gasteiger partial charge < -0.3 is 10.6 Å². The van der Waals surface area contributed by atoms with Gasteiger partial charge in [0.25, 0.3) is 0 Å². The van der Waals surface area contributed by atoms with Gasteiger partial charge in [-0.15, -0.1) is 0 Å². The van der Waals surface area contributed by atoms with E-state index in [-0.39, 0.29) is 23.7 Å². The average Bonchev–Trinajstić information content (AvgIpc) is 2.38. The van der Waals surface area contributed by atoms with E-state index in [1.165, 1.54) is 0 Å². The van der Waals surface area contributed by atoms with E-state index >= 15 is 0 Å². The average molecular weight is 254 g/mol. The van der Waals surface area contributed by atoms with Crippen molar-refractivity contribution in [1.29, 1.82) is 0 Å². The monoisotopic (exact) mass is 254 g/mol. The van der Waals surface area contributed by atoms with E-state index in [4.69, 9.17) is 5.73 Å². The predicted molar refractivity (Wildman–Crippen MR) is 71.8 cm³/mol. The predicted octanol–water partition coefficient (Wildman–Crippen LogP) is 1.93. The quantitative estimate of drug-likeness (QED) is 0.787. The van der Waals surface area contributed by atoms with Crippen LogP contribution < -0.4 is 5.73 Å². The smallest absolute Gasteiger partial charge is 0.225 e. The zero-order valence-corrected chi connectivity index (χ0v) is 11.7. The molecule has 18 heavy (non-hydrogen) atoms. The molecule has 0 aliphatic carbocycles. The fourth-order valence-corrected chi connectivity index (χ4v) is 2.73. The van der Waals surface area contributed by atoms with Gasteiger partial charge in [0.15, 0.2) is 0 Å². The molecule has 0 aromatic rings. The Bertz CT molecular complexity index is 278. The van der Waals surface area contributed by atoms with Crippen molar-refractivity contribution in [3.05, 3.63) is 0 Å². The number of likely N-dealkylation sites (tertiary alicyclic amines) is 1. The SMILES string of the molecule is CCCC(CCC)C(=O)N1CCC(C(N)=O)CC1. The lowest BCUT2D eigenvalue weighted by atomic mass is 9.92. The number of piperidine rings is 1. The summed E-state index contributed by atoms with van der Waals surface area (Å²) in [4.78, 5) is 25.4. The molecule has 0 radical (unpaired) electrons. The molecule has 1 aliphatic rings. The zero-order valence-electron chi connectivity index (χ0n) is 11.7. The van der Waals surface area contributed by atoms with Crippen molar-refractivity contribution in [1.82, 2.24) is 4.90 Å². The Labute approximate surface area is 110 Å². The summed E-state index contributed by atoms with van der Waals surface area (Å²) >= 11 is 0. The van der Waals surface area contributed by atoms with Crippen LogP contribution in [0.15, 0.2) is 0 Å². The van der Waals surface area contributed by atoms with Crippen LogP contribution in [0.1, 0.15) is 52.4 Å². The maximum absolute atomic E-state index is 12.4. The number of rotatable bonds is 6. The Morgan fingerprint density at radius 1 is 1.17 bits per heavy atom. The van der Waals surface area contributed by atoms with Crippen molar-refractivity contribution in [2.75, 3.05) is 13.1 Å². The molecule has 1 rings (SSSR count). The minimum absolute atomic E-state index is 0.0372. The summed E-state index contributed by atoms with van der Waals surface area (Å²) in [6, 6.07) is 0. The Hall–Kier alpha value is -1.06. The Kier molecular flexibility index (Phi) is 6.16. The number of amides is 2. The minimum atomic E-state index is -0.222. The van der Waals surface area contributed by atoms with E-state index in [1.807, 2.05) is 4.90 Å². The Balaban J connectivity index is 2.49. The van der Waals surface area contributed by atoms with Crippen LogP contribution in [0.4, 0.5) is 0 Å². The van der Waals surface area contributed by atoms with Gasteiger partial charge in [0.1, 0.15) is 0 Å². The molecule has 104 valence electrons. The maximum atomic E-state index is 12.4. The lowest BCUT2D eigenvalue weighted by molar-refractivity contribution is -0.139. The van der Waals surface area contributed by atoms with E-state index < -0.39 is 0 Å². The summed E-state index contributed by atoms with van der Waals surface area (Å²) in [6.07, 6.45) is 5.51. The highest BCUT2D eigenvalue weighted by Crippen LogP contribution is 2.22. The van der Waals surface area contributed by atoms with E-state index in [9.17, 15) is 9.59 Å². The van der Waals surface area contributed by atoms with Gasteiger partial charge >= 0.3 is 0 Å². The largest absolute Gasteiger partial charge is 0.369 e. The Morgan fingerprint density at radius 3 is 2.06 bits per heavy atom. The molecule has 1 saturated heterocycles. The van der Waals surface area contributed by atoms with Crippen LogP contribution in [0.5, 0.6) is 0 Å². The molecule has 2 N–H and O–H groups in total. The number of nitrogens with two attached hydrogens (primary N) is 1. The number of carbonyl (C=O) groups excluding carboxylic acids is 2. The van der Waals surface area contributed by atoms with Crippen LogP contribution >= 0.6 is 0 Å². The van der Waals surface area contributed by atoms with Gasteiger partial charge in [0.2, 0.25) is 11.8 Å². The van der Waals surface area contributed by atoms with Crippen LogP contribution in [0.3, 0.4) is 0 Å². The normalized spacial score (nSPS) is 17.2. The van der Waals surface area contributed by atoms with E-state index in [0.717, 1.165) is 38.5 Å². The molecule has 0 unspecified atom stereocenters. The first-order valence-corrected chi connectivity index (χ1v) is 7.18. The van der Waals surface area contributed by atoms with Crippen LogP contribution in [0.2, 0.25) is 0 Å². The first-order chi connectivity index (χ1) is 8.60. The molecule has 2 amide bonds. The standard InChI is InChI=1S/C14H26N2O2/c1-3-5-12(6-4-2)14(18)16-9-7-11(8-10-16)13(15)17/h11-12H,3-10H2,1-2H3,(H2,15,17). The topological polar surface area (TPSA) is 63.4 Å². The van der Waals surface area contributed by atoms with E-state index in [1.54, 1.807) is 0 Å². The molecular formula is C14H26N2O2. The lowest BCUT2D eigenvalue weighted by Gasteiger charge is -2.33. The van der Waals surface area contributed by atoms with Crippen molar-refractivity contribution in [2.45, 2.75) is 52.4 Å². The highest BCUT2D eigenvalue weighted by molar-refractivity contribution is 5.80. The second kappa shape index (κ2) is 7.39.